The van der Waals surface area contributed by atoms with Crippen LogP contribution in [0.1, 0.15) is 49.7 Å². The van der Waals surface area contributed by atoms with Crippen LogP contribution >= 0.6 is 48.0 Å². The van der Waals surface area contributed by atoms with E-state index in [4.69, 9.17) is 24.4 Å². The molecule has 0 aromatic heterocycles. The van der Waals surface area contributed by atoms with Crippen LogP contribution in [0.25, 0.3) is 0 Å². The first-order valence-corrected chi connectivity index (χ1v) is 19.2. The Bertz CT molecular complexity index is 1470. The molecule has 0 unspecified atom stereocenters. The lowest BCUT2D eigenvalue weighted by molar-refractivity contribution is -0.134. The Kier molecular flexibility index (Phi) is 11.7. The van der Waals surface area contributed by atoms with Crippen molar-refractivity contribution in [2.75, 3.05) is 39.3 Å². The third kappa shape index (κ3) is 8.38. The summed E-state index contributed by atoms with van der Waals surface area (Å²) in [4.78, 5) is 60.1. The van der Waals surface area contributed by atoms with Crippen LogP contribution in [-0.2, 0) is 32.0 Å². The summed E-state index contributed by atoms with van der Waals surface area (Å²) < 4.78 is 0.668. The SMILES string of the molecule is O=C(CCN1C(=O)C(=C2SC(=S)N(CCC(=O)N3CCC(Cc4ccccc4)CC3)C2=O)SC1=S)N1CCC(Cc2ccccc2)CC1. The smallest absolute Gasteiger partial charge is 0.267 e. The van der Waals surface area contributed by atoms with Gasteiger partial charge in [0.15, 0.2) is 0 Å². The molecule has 0 atom stereocenters. The Morgan fingerprint density at radius 1 is 0.604 bits per heavy atom. The summed E-state index contributed by atoms with van der Waals surface area (Å²) in [5.74, 6) is 0.409. The number of thioether (sulfide) groups is 2. The molecular formula is C36H40N4O4S4. The molecular weight excluding hydrogens is 681 g/mol. The summed E-state index contributed by atoms with van der Waals surface area (Å²) >= 11 is 13.2. The molecule has 0 aliphatic carbocycles. The highest BCUT2D eigenvalue weighted by molar-refractivity contribution is 8.29. The monoisotopic (exact) mass is 720 g/mol. The molecule has 0 bridgehead atoms. The van der Waals surface area contributed by atoms with Gasteiger partial charge in [-0.3, -0.25) is 29.0 Å². The highest BCUT2D eigenvalue weighted by Crippen LogP contribution is 2.42. The van der Waals surface area contributed by atoms with Crippen molar-refractivity contribution >= 4 is 80.2 Å². The fourth-order valence-corrected chi connectivity index (χ4v) is 9.63. The predicted molar refractivity (Wildman–Crippen MR) is 199 cm³/mol. The van der Waals surface area contributed by atoms with Gasteiger partial charge in [-0.1, -0.05) is 109 Å². The molecule has 12 heteroatoms. The van der Waals surface area contributed by atoms with Crippen LogP contribution in [0.15, 0.2) is 70.5 Å². The zero-order chi connectivity index (χ0) is 33.6. The van der Waals surface area contributed by atoms with Crippen molar-refractivity contribution in [2.45, 2.75) is 51.4 Å². The Morgan fingerprint density at radius 3 is 1.31 bits per heavy atom. The zero-order valence-electron chi connectivity index (χ0n) is 26.9. The fraction of sp³-hybridized carbons (Fsp3) is 0.444. The maximum atomic E-state index is 13.4. The number of rotatable bonds is 10. The minimum Gasteiger partial charge on any atom is -0.343 e. The minimum absolute atomic E-state index is 0.0126. The van der Waals surface area contributed by atoms with Gasteiger partial charge in [-0.15, -0.1) is 0 Å². The van der Waals surface area contributed by atoms with Gasteiger partial charge in [-0.25, -0.2) is 0 Å². The van der Waals surface area contributed by atoms with Crippen molar-refractivity contribution in [3.8, 4) is 0 Å². The van der Waals surface area contributed by atoms with E-state index in [1.54, 1.807) is 0 Å². The van der Waals surface area contributed by atoms with Crippen LogP contribution in [-0.4, -0.2) is 91.1 Å². The van der Waals surface area contributed by atoms with Gasteiger partial charge in [-0.2, -0.15) is 0 Å². The molecule has 2 aromatic carbocycles. The third-order valence-electron chi connectivity index (χ3n) is 9.67. The van der Waals surface area contributed by atoms with Crippen LogP contribution in [0.5, 0.6) is 0 Å². The van der Waals surface area contributed by atoms with E-state index in [1.807, 2.05) is 21.9 Å². The molecule has 2 aromatic rings. The number of carbonyl (C=O) groups is 4. The quantitative estimate of drug-likeness (QED) is 0.230. The van der Waals surface area contributed by atoms with E-state index >= 15 is 0 Å². The lowest BCUT2D eigenvalue weighted by Gasteiger charge is -2.32. The average Bonchev–Trinajstić information content (AvgIpc) is 3.55. The molecule has 4 amide bonds. The summed E-state index contributed by atoms with van der Waals surface area (Å²) in [6.45, 7) is 3.21. The predicted octanol–water partition coefficient (Wildman–Crippen LogP) is 5.66. The first-order valence-electron chi connectivity index (χ1n) is 16.7. The largest absolute Gasteiger partial charge is 0.343 e. The average molecular weight is 721 g/mol. The van der Waals surface area contributed by atoms with Gasteiger partial charge in [0, 0.05) is 52.1 Å². The summed E-state index contributed by atoms with van der Waals surface area (Å²) in [7, 11) is 0. The number of hydrogen-bond donors (Lipinski definition) is 0. The van der Waals surface area contributed by atoms with E-state index in [2.05, 4.69) is 48.5 Å². The molecule has 8 nitrogen and oxygen atoms in total. The number of thiocarbonyl (C=S) groups is 2. The third-order valence-corrected chi connectivity index (χ3v) is 12.7. The molecule has 4 aliphatic heterocycles. The second-order valence-corrected chi connectivity index (χ2v) is 16.1. The van der Waals surface area contributed by atoms with Crippen molar-refractivity contribution in [3.63, 3.8) is 0 Å². The maximum Gasteiger partial charge on any atom is 0.267 e. The van der Waals surface area contributed by atoms with E-state index in [-0.39, 0.29) is 59.4 Å². The van der Waals surface area contributed by atoms with Crippen molar-refractivity contribution < 1.29 is 19.2 Å². The Balaban J connectivity index is 0.955. The van der Waals surface area contributed by atoms with E-state index in [0.29, 0.717) is 46.7 Å². The zero-order valence-corrected chi connectivity index (χ0v) is 30.1. The standard InChI is InChI=1S/C36H40N4O4S4/c41-29(37-17-11-27(12-18-37)23-25-7-3-1-4-8-25)15-21-39-33(43)31(47-35(39)45)32-34(44)40(36(46)48-32)22-16-30(42)38-19-13-28(14-20-38)24-26-9-5-2-6-10-26/h1-10,27-28H,11-24H2. The number of likely N-dealkylation sites (tertiary alicyclic amines) is 2. The Labute approximate surface area is 301 Å². The number of benzene rings is 2. The van der Waals surface area contributed by atoms with Gasteiger partial charge in [-0.05, 0) is 61.5 Å². The van der Waals surface area contributed by atoms with E-state index in [9.17, 15) is 19.2 Å². The number of amides is 4. The molecule has 4 fully saturated rings. The second-order valence-electron chi connectivity index (χ2n) is 12.8. The van der Waals surface area contributed by atoms with Crippen LogP contribution in [0.3, 0.4) is 0 Å². The molecule has 4 heterocycles. The first-order chi connectivity index (χ1) is 23.3. The fourth-order valence-electron chi connectivity index (χ4n) is 6.85. The minimum atomic E-state index is -0.366. The van der Waals surface area contributed by atoms with Crippen molar-refractivity contribution in [3.05, 3.63) is 81.6 Å². The van der Waals surface area contributed by atoms with Gasteiger partial charge >= 0.3 is 0 Å². The number of hydrogen-bond acceptors (Lipinski definition) is 8. The van der Waals surface area contributed by atoms with Gasteiger partial charge in [0.1, 0.15) is 8.64 Å². The van der Waals surface area contributed by atoms with Crippen LogP contribution in [0, 0.1) is 11.8 Å². The van der Waals surface area contributed by atoms with Gasteiger partial charge < -0.3 is 9.80 Å². The topological polar surface area (TPSA) is 81.2 Å². The highest BCUT2D eigenvalue weighted by Gasteiger charge is 2.42. The van der Waals surface area contributed by atoms with Crippen LogP contribution in [0.2, 0.25) is 0 Å². The second kappa shape index (κ2) is 16.1. The summed E-state index contributed by atoms with van der Waals surface area (Å²) in [5.41, 5.74) is 2.65. The Morgan fingerprint density at radius 2 is 0.958 bits per heavy atom. The summed E-state index contributed by atoms with van der Waals surface area (Å²) in [6, 6.07) is 20.9. The molecule has 48 heavy (non-hydrogen) atoms. The number of carbonyl (C=O) groups excluding carboxylic acids is 4. The lowest BCUT2D eigenvalue weighted by Crippen LogP contribution is -2.41. The van der Waals surface area contributed by atoms with Gasteiger partial charge in [0.2, 0.25) is 11.8 Å². The molecule has 6 rings (SSSR count). The van der Waals surface area contributed by atoms with Crippen molar-refractivity contribution in [1.29, 1.82) is 0 Å². The van der Waals surface area contributed by atoms with E-state index in [0.717, 1.165) is 62.0 Å². The lowest BCUT2D eigenvalue weighted by atomic mass is 9.90. The van der Waals surface area contributed by atoms with Crippen LogP contribution in [0.4, 0.5) is 0 Å². The van der Waals surface area contributed by atoms with Gasteiger partial charge in [0.05, 0.1) is 9.81 Å². The Hall–Kier alpha value is -3.06. The number of piperidine rings is 2. The van der Waals surface area contributed by atoms with Crippen molar-refractivity contribution in [1.82, 2.24) is 19.6 Å². The molecule has 0 spiro atoms. The molecule has 0 radical (unpaired) electrons. The normalized spacial score (nSPS) is 21.2. The molecule has 0 saturated carbocycles. The summed E-state index contributed by atoms with van der Waals surface area (Å²) in [6.07, 6.45) is 6.24. The molecule has 4 aliphatic rings. The summed E-state index contributed by atoms with van der Waals surface area (Å²) in [5, 5.41) is 0. The molecule has 252 valence electrons. The molecule has 4 saturated heterocycles. The maximum absolute atomic E-state index is 13.4. The van der Waals surface area contributed by atoms with E-state index < -0.39 is 0 Å². The molecule has 0 N–H and O–H groups in total. The van der Waals surface area contributed by atoms with E-state index in [1.165, 1.54) is 20.9 Å². The first kappa shape index (κ1) is 34.8. The van der Waals surface area contributed by atoms with Gasteiger partial charge in [0.25, 0.3) is 11.8 Å². The van der Waals surface area contributed by atoms with Crippen molar-refractivity contribution in [2.24, 2.45) is 11.8 Å². The number of nitrogens with zero attached hydrogens (tertiary/aromatic N) is 4. The highest BCUT2D eigenvalue weighted by atomic mass is 32.2. The van der Waals surface area contributed by atoms with Crippen LogP contribution < -0.4 is 0 Å².